The molecule has 1 aromatic rings. The predicted octanol–water partition coefficient (Wildman–Crippen LogP) is 3.75. The van der Waals surface area contributed by atoms with Crippen molar-refractivity contribution in [3.8, 4) is 0 Å². The topological polar surface area (TPSA) is 40.5 Å². The van der Waals surface area contributed by atoms with Crippen LogP contribution < -0.4 is 0 Å². The first-order valence-electron chi connectivity index (χ1n) is 7.83. The zero-order chi connectivity index (χ0) is 15.4. The van der Waals surface area contributed by atoms with E-state index in [9.17, 15) is 19.0 Å². The van der Waals surface area contributed by atoms with Crippen LogP contribution in [0.4, 0.5) is 8.78 Å². The number of fused-ring (bicyclic) bond motifs is 1. The van der Waals surface area contributed by atoms with E-state index >= 15 is 0 Å². The molecule has 21 heavy (non-hydrogen) atoms. The minimum absolute atomic E-state index is 0.0556. The van der Waals surface area contributed by atoms with Gasteiger partial charge in [-0.25, -0.2) is 8.78 Å². The normalized spacial score (nSPS) is 22.3. The van der Waals surface area contributed by atoms with Crippen LogP contribution in [-0.2, 0) is 6.42 Å². The van der Waals surface area contributed by atoms with E-state index in [1.807, 2.05) is 0 Å². The van der Waals surface area contributed by atoms with Gasteiger partial charge in [-0.3, -0.25) is 0 Å². The fourth-order valence-corrected chi connectivity index (χ4v) is 3.31. The third-order valence-corrected chi connectivity index (χ3v) is 4.54. The minimum Gasteiger partial charge on any atom is -0.396 e. The van der Waals surface area contributed by atoms with Crippen LogP contribution in [0.1, 0.15) is 56.3 Å². The van der Waals surface area contributed by atoms with Crippen molar-refractivity contribution in [1.82, 2.24) is 0 Å². The van der Waals surface area contributed by atoms with Gasteiger partial charge in [0.05, 0.1) is 6.10 Å². The summed E-state index contributed by atoms with van der Waals surface area (Å²) in [6.45, 7) is 2.24. The molecule has 2 nitrogen and oxygen atoms in total. The summed E-state index contributed by atoms with van der Waals surface area (Å²) in [4.78, 5) is 0. The van der Waals surface area contributed by atoms with Gasteiger partial charge in [-0.15, -0.1) is 0 Å². The molecule has 0 unspecified atom stereocenters. The molecule has 0 heterocycles. The van der Waals surface area contributed by atoms with Crippen molar-refractivity contribution < 1.29 is 19.0 Å². The second-order valence-corrected chi connectivity index (χ2v) is 6.15. The highest BCUT2D eigenvalue weighted by Crippen LogP contribution is 2.40. The molecule has 3 atom stereocenters. The van der Waals surface area contributed by atoms with Crippen LogP contribution in [0, 0.1) is 23.5 Å². The SMILES string of the molecule is CCCCC[C@H](CO)C[C@H]1Cc2cc(F)c(F)cc2[C@@H]1O. The van der Waals surface area contributed by atoms with Crippen LogP contribution in [0.15, 0.2) is 12.1 Å². The Hall–Kier alpha value is -1.00. The summed E-state index contributed by atoms with van der Waals surface area (Å²) >= 11 is 0. The summed E-state index contributed by atoms with van der Waals surface area (Å²) in [5, 5.41) is 19.8. The number of rotatable bonds is 7. The first kappa shape index (κ1) is 16.4. The zero-order valence-electron chi connectivity index (χ0n) is 12.5. The molecule has 0 bridgehead atoms. The van der Waals surface area contributed by atoms with Gasteiger partial charge in [0.1, 0.15) is 0 Å². The van der Waals surface area contributed by atoms with Gasteiger partial charge in [0.2, 0.25) is 0 Å². The Bertz CT molecular complexity index is 476. The summed E-state index contributed by atoms with van der Waals surface area (Å²) in [6, 6.07) is 2.30. The number of benzene rings is 1. The lowest BCUT2D eigenvalue weighted by molar-refractivity contribution is 0.0921. The molecule has 0 spiro atoms. The van der Waals surface area contributed by atoms with Crippen molar-refractivity contribution >= 4 is 0 Å². The van der Waals surface area contributed by atoms with Gasteiger partial charge >= 0.3 is 0 Å². The summed E-state index contributed by atoms with van der Waals surface area (Å²) in [5.74, 6) is -1.67. The van der Waals surface area contributed by atoms with Gasteiger partial charge in [-0.05, 0) is 54.4 Å². The lowest BCUT2D eigenvalue weighted by atomic mass is 9.88. The molecule has 118 valence electrons. The van der Waals surface area contributed by atoms with Gasteiger partial charge in [0.15, 0.2) is 11.6 Å². The minimum atomic E-state index is -0.907. The van der Waals surface area contributed by atoms with Gasteiger partial charge in [0.25, 0.3) is 0 Å². The average Bonchev–Trinajstić information content (AvgIpc) is 2.75. The van der Waals surface area contributed by atoms with Crippen molar-refractivity contribution in [2.24, 2.45) is 11.8 Å². The summed E-state index contributed by atoms with van der Waals surface area (Å²) in [5.41, 5.74) is 1.20. The third-order valence-electron chi connectivity index (χ3n) is 4.54. The summed E-state index contributed by atoms with van der Waals surface area (Å²) in [7, 11) is 0. The van der Waals surface area contributed by atoms with E-state index in [-0.39, 0.29) is 18.4 Å². The zero-order valence-corrected chi connectivity index (χ0v) is 12.5. The fourth-order valence-electron chi connectivity index (χ4n) is 3.31. The Morgan fingerprint density at radius 1 is 1.24 bits per heavy atom. The molecule has 0 amide bonds. The van der Waals surface area contributed by atoms with Crippen molar-refractivity contribution in [2.45, 2.75) is 51.6 Å². The molecule has 1 aliphatic rings. The van der Waals surface area contributed by atoms with Crippen molar-refractivity contribution in [1.29, 1.82) is 0 Å². The second kappa shape index (κ2) is 7.32. The Morgan fingerprint density at radius 3 is 2.62 bits per heavy atom. The second-order valence-electron chi connectivity index (χ2n) is 6.15. The molecule has 4 heteroatoms. The van der Waals surface area contributed by atoms with E-state index < -0.39 is 17.7 Å². The Labute approximate surface area is 124 Å². The molecule has 1 aromatic carbocycles. The molecule has 0 aliphatic heterocycles. The van der Waals surface area contributed by atoms with Gasteiger partial charge < -0.3 is 10.2 Å². The molecule has 0 saturated heterocycles. The molecular formula is C17H24F2O2. The van der Waals surface area contributed by atoms with E-state index in [0.717, 1.165) is 31.7 Å². The fraction of sp³-hybridized carbons (Fsp3) is 0.647. The van der Waals surface area contributed by atoms with E-state index in [1.165, 1.54) is 6.07 Å². The average molecular weight is 298 g/mol. The molecule has 0 saturated carbocycles. The Morgan fingerprint density at radius 2 is 1.95 bits per heavy atom. The summed E-state index contributed by atoms with van der Waals surface area (Å²) in [6.07, 6.45) is 4.77. The maximum atomic E-state index is 13.3. The smallest absolute Gasteiger partial charge is 0.159 e. The monoisotopic (exact) mass is 298 g/mol. The number of halogens is 2. The van der Waals surface area contributed by atoms with Gasteiger partial charge in [0, 0.05) is 6.61 Å². The van der Waals surface area contributed by atoms with Gasteiger partial charge in [-0.2, -0.15) is 0 Å². The van der Waals surface area contributed by atoms with Crippen LogP contribution in [0.2, 0.25) is 0 Å². The number of aliphatic hydroxyl groups is 2. The van der Waals surface area contributed by atoms with Crippen molar-refractivity contribution in [3.05, 3.63) is 34.9 Å². The standard InChI is InChI=1S/C17H24F2O2/c1-2-3-4-5-11(10-20)6-13-7-12-8-15(18)16(19)9-14(12)17(13)21/h8-9,11,13,17,20-21H,2-7,10H2,1H3/t11-,13-,17+/m0/s1. The quantitative estimate of drug-likeness (QED) is 0.753. The number of aliphatic hydroxyl groups excluding tert-OH is 2. The van der Waals surface area contributed by atoms with E-state index in [1.54, 1.807) is 0 Å². The maximum Gasteiger partial charge on any atom is 0.159 e. The highest BCUT2D eigenvalue weighted by atomic mass is 19.2. The van der Waals surface area contributed by atoms with Crippen molar-refractivity contribution in [3.63, 3.8) is 0 Å². The molecule has 1 aliphatic carbocycles. The van der Waals surface area contributed by atoms with Crippen LogP contribution >= 0.6 is 0 Å². The number of unbranched alkanes of at least 4 members (excludes halogenated alkanes) is 2. The van der Waals surface area contributed by atoms with Gasteiger partial charge in [-0.1, -0.05) is 26.2 Å². The van der Waals surface area contributed by atoms with E-state index in [4.69, 9.17) is 0 Å². The lowest BCUT2D eigenvalue weighted by Gasteiger charge is -2.21. The molecule has 0 fully saturated rings. The van der Waals surface area contributed by atoms with Crippen LogP contribution in [0.3, 0.4) is 0 Å². The van der Waals surface area contributed by atoms with Crippen LogP contribution in [-0.4, -0.2) is 16.8 Å². The highest BCUT2D eigenvalue weighted by Gasteiger charge is 2.33. The Kier molecular flexibility index (Phi) is 5.71. The van der Waals surface area contributed by atoms with Crippen LogP contribution in [0.25, 0.3) is 0 Å². The summed E-state index contributed by atoms with van der Waals surface area (Å²) < 4.78 is 26.5. The molecule has 0 radical (unpaired) electrons. The molecule has 0 aromatic heterocycles. The first-order valence-corrected chi connectivity index (χ1v) is 7.83. The number of hydrogen-bond acceptors (Lipinski definition) is 2. The first-order chi connectivity index (χ1) is 10.1. The molecule has 2 N–H and O–H groups in total. The van der Waals surface area contributed by atoms with E-state index in [2.05, 4.69) is 6.92 Å². The number of hydrogen-bond donors (Lipinski definition) is 2. The predicted molar refractivity (Wildman–Crippen MR) is 77.8 cm³/mol. The molecule has 2 rings (SSSR count). The van der Waals surface area contributed by atoms with Crippen molar-refractivity contribution in [2.75, 3.05) is 6.61 Å². The third kappa shape index (κ3) is 3.80. The Balaban J connectivity index is 2.00. The lowest BCUT2D eigenvalue weighted by Crippen LogP contribution is -2.16. The maximum absolute atomic E-state index is 13.3. The molecular weight excluding hydrogens is 274 g/mol. The van der Waals surface area contributed by atoms with E-state index in [0.29, 0.717) is 24.0 Å². The highest BCUT2D eigenvalue weighted by molar-refractivity contribution is 5.35. The largest absolute Gasteiger partial charge is 0.396 e. The van der Waals surface area contributed by atoms with Crippen LogP contribution in [0.5, 0.6) is 0 Å².